The molecule has 0 amide bonds. The average molecular weight is 773 g/mol. The van der Waals surface area contributed by atoms with Crippen molar-refractivity contribution in [3.05, 3.63) is 126 Å². The van der Waals surface area contributed by atoms with Gasteiger partial charge in [-0.3, -0.25) is 0 Å². The van der Waals surface area contributed by atoms with Crippen molar-refractivity contribution in [1.29, 1.82) is 0 Å². The first-order valence-corrected chi connectivity index (χ1v) is 30.4. The van der Waals surface area contributed by atoms with Crippen molar-refractivity contribution >= 4 is 15.4 Å². The Morgan fingerprint density at radius 1 is 0.457 bits per heavy atom. The normalized spacial score (nSPS) is 17.1. The number of hydrogen-bond donors (Lipinski definition) is 0. The molecule has 2 unspecified atom stereocenters. The maximum atomic E-state index is 2.76. The Labute approximate surface area is 280 Å². The van der Waals surface area contributed by atoms with Gasteiger partial charge in [0.1, 0.15) is 0 Å². The molecule has 0 aromatic heterocycles. The predicted octanol–water partition coefficient (Wildman–Crippen LogP) is 12.9. The molecule has 46 heavy (non-hydrogen) atoms. The summed E-state index contributed by atoms with van der Waals surface area (Å²) in [7, 11) is 0. The van der Waals surface area contributed by atoms with Crippen LogP contribution in [0.1, 0.15) is 99.1 Å². The maximum absolute atomic E-state index is 3.98. The molecule has 0 nitrogen and oxygen atoms in total. The Morgan fingerprint density at radius 2 is 0.761 bits per heavy atom. The molecule has 0 spiro atoms. The van der Waals surface area contributed by atoms with Crippen LogP contribution in [0.3, 0.4) is 0 Å². The topological polar surface area (TPSA) is 0 Å². The van der Waals surface area contributed by atoms with E-state index in [1.165, 1.54) is 89.0 Å². The Balaban J connectivity index is 1.55. The summed E-state index contributed by atoms with van der Waals surface area (Å²) >= 11 is -3.98. The van der Waals surface area contributed by atoms with Crippen molar-refractivity contribution < 1.29 is 18.0 Å². The van der Waals surface area contributed by atoms with Crippen LogP contribution in [-0.4, -0.2) is 3.26 Å². The molecule has 1 heteroatoms. The molecular weight excluding hydrogens is 719 g/mol. The van der Waals surface area contributed by atoms with Gasteiger partial charge in [0.2, 0.25) is 0 Å². The number of benzene rings is 4. The van der Waals surface area contributed by atoms with Crippen LogP contribution in [0.2, 0.25) is 9.36 Å². The molecule has 0 fully saturated rings. The summed E-state index contributed by atoms with van der Waals surface area (Å²) in [4.78, 5) is 0. The Morgan fingerprint density at radius 3 is 1.07 bits per heavy atom. The van der Waals surface area contributed by atoms with Crippen molar-refractivity contribution in [3.8, 4) is 22.3 Å². The fourth-order valence-electron chi connectivity index (χ4n) is 9.28. The van der Waals surface area contributed by atoms with Gasteiger partial charge >= 0.3 is 282 Å². The molecule has 2 aliphatic rings. The quantitative estimate of drug-likeness (QED) is 0.181. The molecule has 6 rings (SSSR count). The molecule has 0 saturated heterocycles. The van der Waals surface area contributed by atoms with E-state index in [1.54, 1.807) is 14.4 Å². The van der Waals surface area contributed by atoms with Crippen LogP contribution in [0, 0.1) is 69.2 Å². The third kappa shape index (κ3) is 4.36. The first kappa shape index (κ1) is 33.0. The van der Waals surface area contributed by atoms with Gasteiger partial charge in [-0.2, -0.15) is 0 Å². The summed E-state index contributed by atoms with van der Waals surface area (Å²) in [5.41, 5.74) is 25.9. The van der Waals surface area contributed by atoms with E-state index in [0.29, 0.717) is 7.35 Å². The molecule has 0 bridgehead atoms. The molecule has 238 valence electrons. The van der Waals surface area contributed by atoms with E-state index in [4.69, 9.17) is 0 Å². The van der Waals surface area contributed by atoms with E-state index < -0.39 is 18.0 Å². The van der Waals surface area contributed by atoms with E-state index in [1.807, 2.05) is 0 Å². The van der Waals surface area contributed by atoms with Gasteiger partial charge in [-0.25, -0.2) is 0 Å². The van der Waals surface area contributed by atoms with Gasteiger partial charge in [0.15, 0.2) is 0 Å². The molecule has 0 saturated carbocycles. The number of fused-ring (bicyclic) bond motifs is 2. The Kier molecular flexibility index (Phi) is 7.96. The third-order valence-electron chi connectivity index (χ3n) is 13.9. The summed E-state index contributed by atoms with van der Waals surface area (Å²) in [6.07, 6.45) is 10.2. The van der Waals surface area contributed by atoms with Crippen molar-refractivity contribution in [2.24, 2.45) is 0 Å². The summed E-state index contributed by atoms with van der Waals surface area (Å²) in [6, 6.07) is 14.3. The van der Waals surface area contributed by atoms with E-state index >= 15 is 0 Å². The van der Waals surface area contributed by atoms with Crippen LogP contribution >= 0.6 is 0 Å². The minimum absolute atomic E-state index is 0.460. The molecule has 2 aliphatic carbocycles. The molecule has 0 radical (unpaired) electrons. The summed E-state index contributed by atoms with van der Waals surface area (Å²) in [5.74, 6) is 0. The van der Waals surface area contributed by atoms with Crippen LogP contribution in [-0.2, 0) is 18.0 Å². The zero-order valence-electron chi connectivity index (χ0n) is 30.9. The second kappa shape index (κ2) is 11.1. The Bertz CT molecular complexity index is 1910. The summed E-state index contributed by atoms with van der Waals surface area (Å²) in [6.45, 7) is 28.0. The van der Waals surface area contributed by atoms with Crippen LogP contribution < -0.4 is 0 Å². The van der Waals surface area contributed by atoms with Gasteiger partial charge in [0.25, 0.3) is 0 Å². The van der Waals surface area contributed by atoms with Crippen LogP contribution in [0.4, 0.5) is 0 Å². The Hall–Kier alpha value is -2.90. The monoisotopic (exact) mass is 774 g/mol. The van der Waals surface area contributed by atoms with Crippen LogP contribution in [0.15, 0.2) is 48.6 Å². The number of rotatable bonds is 4. The molecule has 0 heterocycles. The van der Waals surface area contributed by atoms with Gasteiger partial charge in [-0.1, -0.05) is 0 Å². The van der Waals surface area contributed by atoms with Gasteiger partial charge in [0.05, 0.1) is 0 Å². The molecule has 4 aromatic rings. The number of hydrogen-bond acceptors (Lipinski definition) is 0. The van der Waals surface area contributed by atoms with E-state index in [9.17, 15) is 0 Å². The molecule has 2 atom stereocenters. The van der Waals surface area contributed by atoms with E-state index in [-0.39, 0.29) is 0 Å². The van der Waals surface area contributed by atoms with Crippen LogP contribution in [0.25, 0.3) is 34.4 Å². The van der Waals surface area contributed by atoms with E-state index in [0.717, 1.165) is 0 Å². The third-order valence-corrected chi connectivity index (χ3v) is 42.6. The second-order valence-corrected chi connectivity index (χ2v) is 42.7. The molecule has 0 aliphatic heterocycles. The zero-order chi connectivity index (χ0) is 33.6. The zero-order valence-corrected chi connectivity index (χ0v) is 34.5. The van der Waals surface area contributed by atoms with Gasteiger partial charge in [-0.05, 0) is 0 Å². The first-order valence-electron chi connectivity index (χ1n) is 17.3. The fraction of sp³-hybridized carbons (Fsp3) is 0.356. The van der Waals surface area contributed by atoms with Crippen molar-refractivity contribution in [3.63, 3.8) is 0 Å². The number of allylic oxidation sites excluding steroid dienone is 2. The second-order valence-electron chi connectivity index (χ2n) is 15.9. The molecule has 0 N–H and O–H groups in total. The summed E-state index contributed by atoms with van der Waals surface area (Å²) < 4.78 is 8.12. The summed E-state index contributed by atoms with van der Waals surface area (Å²) in [5, 5.41) is 0. The van der Waals surface area contributed by atoms with E-state index in [2.05, 4.69) is 153 Å². The average Bonchev–Trinajstić information content (AvgIpc) is 3.68. The van der Waals surface area contributed by atoms with Crippen molar-refractivity contribution in [2.45, 2.75) is 99.8 Å². The van der Waals surface area contributed by atoms with Gasteiger partial charge in [-0.15, -0.1) is 0 Å². The van der Waals surface area contributed by atoms with Crippen molar-refractivity contribution in [2.75, 3.05) is 0 Å². The first-order chi connectivity index (χ1) is 21.5. The van der Waals surface area contributed by atoms with Crippen LogP contribution in [0.5, 0.6) is 0 Å². The SMILES string of the molecule is C[C](C)=[Hf]([CH3])([CH3])([CH]1C=Cc2c(-c3c(C)c(C)c(C)c(C)c3C)cccc21)[CH]1C=Cc2c(-c3c(C)c(C)c(C)c(C)c3C)cccc21. The fourth-order valence-corrected chi connectivity index (χ4v) is 28.8. The standard InChI is InChI=1S/2C20H21.C3H6.2CH3.Hf/c2*1-12-13(2)15(4)20(16(5)14(12)3)19-11-7-9-17-8-6-10-18(17)19;1-3-2;;;/h2*6-11H,1-5H3;1-2H3;2*1H3;. The molecular formula is C45H54Hf. The molecule has 4 aromatic carbocycles. The van der Waals surface area contributed by atoms with Crippen molar-refractivity contribution in [1.82, 2.24) is 0 Å². The van der Waals surface area contributed by atoms with Gasteiger partial charge in [0, 0.05) is 0 Å². The van der Waals surface area contributed by atoms with Gasteiger partial charge < -0.3 is 0 Å². The minimum atomic E-state index is -3.98. The predicted molar refractivity (Wildman–Crippen MR) is 203 cm³/mol.